The summed E-state index contributed by atoms with van der Waals surface area (Å²) < 4.78 is 52.5. The Kier molecular flexibility index (Phi) is 4.41. The van der Waals surface area contributed by atoms with Crippen LogP contribution in [0.15, 0.2) is 30.3 Å². The zero-order valence-corrected chi connectivity index (χ0v) is 11.0. The molecule has 0 atom stereocenters. The number of amides is 1. The second kappa shape index (κ2) is 6.26. The van der Waals surface area contributed by atoms with Gasteiger partial charge in [0.2, 0.25) is 0 Å². The number of carbonyl (C=O) groups excluding carboxylic acids is 1. The summed E-state index contributed by atoms with van der Waals surface area (Å²) >= 11 is 0. The molecule has 0 fully saturated rings. The highest BCUT2D eigenvalue weighted by Gasteiger charge is 2.16. The van der Waals surface area contributed by atoms with Crippen molar-refractivity contribution in [1.82, 2.24) is 5.32 Å². The second-order valence-electron chi connectivity index (χ2n) is 4.35. The molecule has 0 aliphatic carbocycles. The first-order valence-electron chi connectivity index (χ1n) is 6.03. The standard InChI is InChI=1S/C15H8F4N2O/c16-11-2-1-8(3-14(11)19)7-21-15(22)10-4-9(6-20)12(17)5-13(10)18/h1-5H,7H2,(H,21,22). The molecule has 2 rings (SSSR count). The van der Waals surface area contributed by atoms with Gasteiger partial charge in [-0.25, -0.2) is 17.6 Å². The van der Waals surface area contributed by atoms with E-state index in [-0.39, 0.29) is 12.1 Å². The lowest BCUT2D eigenvalue weighted by molar-refractivity contribution is 0.0946. The first-order valence-corrected chi connectivity index (χ1v) is 6.03. The molecule has 1 N–H and O–H groups in total. The first kappa shape index (κ1) is 15.5. The van der Waals surface area contributed by atoms with Gasteiger partial charge in [0.25, 0.3) is 5.91 Å². The summed E-state index contributed by atoms with van der Waals surface area (Å²) in [5.41, 5.74) is -0.727. The van der Waals surface area contributed by atoms with Crippen molar-refractivity contribution in [1.29, 1.82) is 5.26 Å². The largest absolute Gasteiger partial charge is 0.348 e. The fourth-order valence-electron chi connectivity index (χ4n) is 1.74. The van der Waals surface area contributed by atoms with Crippen molar-refractivity contribution in [3.63, 3.8) is 0 Å². The predicted molar refractivity (Wildman–Crippen MR) is 68.6 cm³/mol. The van der Waals surface area contributed by atoms with Crippen LogP contribution in [0.2, 0.25) is 0 Å². The van der Waals surface area contributed by atoms with Crippen LogP contribution in [0.25, 0.3) is 0 Å². The molecule has 2 aromatic rings. The maximum absolute atomic E-state index is 13.5. The molecule has 0 aliphatic rings. The number of nitriles is 1. The van der Waals surface area contributed by atoms with Gasteiger partial charge in [0.15, 0.2) is 11.6 Å². The van der Waals surface area contributed by atoms with Crippen molar-refractivity contribution in [2.24, 2.45) is 0 Å². The molecule has 0 saturated heterocycles. The molecule has 0 bridgehead atoms. The highest BCUT2D eigenvalue weighted by Crippen LogP contribution is 2.15. The number of hydrogen-bond acceptors (Lipinski definition) is 2. The second-order valence-corrected chi connectivity index (χ2v) is 4.35. The van der Waals surface area contributed by atoms with Crippen molar-refractivity contribution in [3.05, 3.63) is 70.3 Å². The SMILES string of the molecule is N#Cc1cc(C(=O)NCc2ccc(F)c(F)c2)c(F)cc1F. The van der Waals surface area contributed by atoms with E-state index < -0.39 is 40.3 Å². The summed E-state index contributed by atoms with van der Waals surface area (Å²) in [5.74, 6) is -5.21. The van der Waals surface area contributed by atoms with Gasteiger partial charge in [-0.2, -0.15) is 5.26 Å². The number of hydrogen-bond donors (Lipinski definition) is 1. The Bertz CT molecular complexity index is 784. The van der Waals surface area contributed by atoms with Crippen LogP contribution in [0.4, 0.5) is 17.6 Å². The summed E-state index contributed by atoms with van der Waals surface area (Å²) in [6.07, 6.45) is 0. The van der Waals surface area contributed by atoms with E-state index in [9.17, 15) is 22.4 Å². The highest BCUT2D eigenvalue weighted by molar-refractivity contribution is 5.94. The molecule has 2 aromatic carbocycles. The number of nitrogens with one attached hydrogen (secondary N) is 1. The van der Waals surface area contributed by atoms with Gasteiger partial charge in [-0.05, 0) is 23.8 Å². The lowest BCUT2D eigenvalue weighted by atomic mass is 10.1. The first-order chi connectivity index (χ1) is 10.4. The van der Waals surface area contributed by atoms with Crippen LogP contribution in [0.3, 0.4) is 0 Å². The lowest BCUT2D eigenvalue weighted by Gasteiger charge is -2.07. The molecule has 1 amide bonds. The van der Waals surface area contributed by atoms with Gasteiger partial charge in [0.1, 0.15) is 17.7 Å². The molecule has 0 unspecified atom stereocenters. The molecule has 0 aromatic heterocycles. The van der Waals surface area contributed by atoms with E-state index in [1.165, 1.54) is 12.1 Å². The Labute approximate surface area is 122 Å². The van der Waals surface area contributed by atoms with Crippen LogP contribution < -0.4 is 5.32 Å². The van der Waals surface area contributed by atoms with Crippen molar-refractivity contribution in [2.75, 3.05) is 0 Å². The number of nitrogens with zero attached hydrogens (tertiary/aromatic N) is 1. The molecule has 0 saturated carbocycles. The van der Waals surface area contributed by atoms with Crippen LogP contribution in [-0.4, -0.2) is 5.91 Å². The fraction of sp³-hybridized carbons (Fsp3) is 0.0667. The van der Waals surface area contributed by atoms with Gasteiger partial charge in [0, 0.05) is 12.6 Å². The summed E-state index contributed by atoms with van der Waals surface area (Å²) in [5, 5.41) is 10.9. The maximum atomic E-state index is 13.5. The number of benzene rings is 2. The predicted octanol–water partition coefficient (Wildman–Crippen LogP) is 3.04. The van der Waals surface area contributed by atoms with Gasteiger partial charge in [0.05, 0.1) is 11.1 Å². The third kappa shape index (κ3) is 3.23. The molecular weight excluding hydrogens is 300 g/mol. The summed E-state index contributed by atoms with van der Waals surface area (Å²) in [6, 6.07) is 5.74. The number of rotatable bonds is 3. The summed E-state index contributed by atoms with van der Waals surface area (Å²) in [6.45, 7) is -0.186. The van der Waals surface area contributed by atoms with Gasteiger partial charge in [-0.3, -0.25) is 4.79 Å². The zero-order chi connectivity index (χ0) is 16.3. The average Bonchev–Trinajstić information content (AvgIpc) is 2.48. The molecule has 0 heterocycles. The monoisotopic (exact) mass is 308 g/mol. The molecule has 22 heavy (non-hydrogen) atoms. The number of halogens is 4. The van der Waals surface area contributed by atoms with E-state index in [2.05, 4.69) is 5.32 Å². The fourth-order valence-corrected chi connectivity index (χ4v) is 1.74. The van der Waals surface area contributed by atoms with Gasteiger partial charge < -0.3 is 5.32 Å². The number of carbonyl (C=O) groups is 1. The van der Waals surface area contributed by atoms with Crippen LogP contribution in [0, 0.1) is 34.6 Å². The van der Waals surface area contributed by atoms with Crippen LogP contribution in [0.1, 0.15) is 21.5 Å². The van der Waals surface area contributed by atoms with Crippen LogP contribution in [0.5, 0.6) is 0 Å². The van der Waals surface area contributed by atoms with E-state index in [1.54, 1.807) is 0 Å². The Morgan fingerprint density at radius 2 is 1.73 bits per heavy atom. The third-order valence-electron chi connectivity index (χ3n) is 2.86. The van der Waals surface area contributed by atoms with Gasteiger partial charge in [-0.1, -0.05) is 6.07 Å². The Morgan fingerprint density at radius 3 is 2.36 bits per heavy atom. The molecular formula is C15H8F4N2O. The van der Waals surface area contributed by atoms with Crippen molar-refractivity contribution < 1.29 is 22.4 Å². The Balaban J connectivity index is 2.16. The summed E-state index contributed by atoms with van der Waals surface area (Å²) in [4.78, 5) is 11.8. The Morgan fingerprint density at radius 1 is 1.00 bits per heavy atom. The van der Waals surface area contributed by atoms with E-state index in [0.29, 0.717) is 6.07 Å². The minimum atomic E-state index is -1.13. The van der Waals surface area contributed by atoms with Gasteiger partial charge >= 0.3 is 0 Å². The quantitative estimate of drug-likeness (QED) is 0.886. The van der Waals surface area contributed by atoms with E-state index in [4.69, 9.17) is 5.26 Å². The highest BCUT2D eigenvalue weighted by atomic mass is 19.2. The molecule has 0 aliphatic heterocycles. The minimum absolute atomic E-state index is 0.186. The summed E-state index contributed by atoms with van der Waals surface area (Å²) in [7, 11) is 0. The maximum Gasteiger partial charge on any atom is 0.254 e. The topological polar surface area (TPSA) is 52.9 Å². The molecule has 0 spiro atoms. The van der Waals surface area contributed by atoms with Crippen LogP contribution in [-0.2, 0) is 6.54 Å². The smallest absolute Gasteiger partial charge is 0.254 e. The normalized spacial score (nSPS) is 10.1. The molecule has 7 heteroatoms. The van der Waals surface area contributed by atoms with Crippen molar-refractivity contribution in [2.45, 2.75) is 6.54 Å². The van der Waals surface area contributed by atoms with E-state index in [0.717, 1.165) is 18.2 Å². The van der Waals surface area contributed by atoms with Gasteiger partial charge in [-0.15, -0.1) is 0 Å². The van der Waals surface area contributed by atoms with Crippen molar-refractivity contribution in [3.8, 4) is 6.07 Å². The average molecular weight is 308 g/mol. The van der Waals surface area contributed by atoms with Crippen LogP contribution >= 0.6 is 0 Å². The third-order valence-corrected chi connectivity index (χ3v) is 2.86. The Hall–Kier alpha value is -2.88. The molecule has 3 nitrogen and oxygen atoms in total. The zero-order valence-electron chi connectivity index (χ0n) is 11.0. The van der Waals surface area contributed by atoms with Crippen molar-refractivity contribution >= 4 is 5.91 Å². The van der Waals surface area contributed by atoms with E-state index in [1.807, 2.05) is 0 Å². The minimum Gasteiger partial charge on any atom is -0.348 e. The lowest BCUT2D eigenvalue weighted by Crippen LogP contribution is -2.24. The van der Waals surface area contributed by atoms with E-state index >= 15 is 0 Å². The molecule has 0 radical (unpaired) electrons. The molecule has 112 valence electrons.